The fourth-order valence-corrected chi connectivity index (χ4v) is 2.78. The first-order valence-electron chi connectivity index (χ1n) is 7.12. The van der Waals surface area contributed by atoms with Crippen LogP contribution < -0.4 is 0 Å². The molecule has 0 saturated heterocycles. The molecule has 158 valence electrons. The van der Waals surface area contributed by atoms with Gasteiger partial charge in [0, 0.05) is 62.1 Å². The molecule has 13 heteroatoms. The van der Waals surface area contributed by atoms with E-state index in [-0.39, 0.29) is 24.7 Å². The summed E-state index contributed by atoms with van der Waals surface area (Å²) >= 11 is 4.24. The number of ether oxygens (including phenoxy) is 2. The molecular weight excluding hydrogens is 626 g/mol. The number of methoxy groups -OCH3 is 2. The average molecular weight is 655 g/mol. The van der Waals surface area contributed by atoms with E-state index in [1.54, 1.807) is 21.0 Å². The van der Waals surface area contributed by atoms with Crippen LogP contribution in [0, 0.1) is 0 Å². The van der Waals surface area contributed by atoms with Gasteiger partial charge in [0.2, 0.25) is 9.05 Å². The van der Waals surface area contributed by atoms with Crippen molar-refractivity contribution in [3.63, 3.8) is 0 Å². The third kappa shape index (κ3) is 46.0. The molecule has 0 saturated carbocycles. The molecule has 0 aromatic heterocycles. The van der Waals surface area contributed by atoms with Crippen molar-refractivity contribution in [1.82, 2.24) is 0 Å². The lowest BCUT2D eigenvalue weighted by Crippen LogP contribution is -2.13. The first-order valence-corrected chi connectivity index (χ1v) is 17.5. The second-order valence-corrected chi connectivity index (χ2v) is 8.69. The lowest BCUT2D eigenvalue weighted by molar-refractivity contribution is 0.135. The first-order chi connectivity index (χ1) is 11.6. The number of hydrogen-bond acceptors (Lipinski definition) is 8. The Bertz CT molecular complexity index is 430. The molecule has 8 nitrogen and oxygen atoms in total. The third-order valence-corrected chi connectivity index (χ3v) is 4.54. The van der Waals surface area contributed by atoms with E-state index in [1.165, 1.54) is 7.11 Å². The van der Waals surface area contributed by atoms with Crippen LogP contribution in [-0.2, 0) is 32.8 Å². The Balaban J connectivity index is -0.000000136. The first kappa shape index (κ1) is 34.0. The maximum Gasteiger partial charge on any atom is 0.267 e. The van der Waals surface area contributed by atoms with Crippen LogP contribution >= 0.6 is 47.9 Å². The van der Waals surface area contributed by atoms with Crippen LogP contribution in [0.15, 0.2) is 0 Å². The van der Waals surface area contributed by atoms with Gasteiger partial charge in [-0.3, -0.25) is 4.18 Å². The topological polar surface area (TPSA) is 116 Å². The fourth-order valence-electron chi connectivity index (χ4n) is 0.888. The van der Waals surface area contributed by atoms with E-state index in [4.69, 9.17) is 15.8 Å². The minimum absolute atomic E-state index is 0.0779. The smallest absolute Gasteiger partial charge is 0.267 e. The van der Waals surface area contributed by atoms with Gasteiger partial charge in [-0.15, -0.1) is 0 Å². The molecule has 0 fully saturated rings. The van der Waals surface area contributed by atoms with Crippen LogP contribution in [0.1, 0.15) is 26.7 Å². The van der Waals surface area contributed by atoms with Crippen molar-refractivity contribution in [2.75, 3.05) is 52.2 Å². The molecule has 1 N–H and O–H groups in total. The van der Waals surface area contributed by atoms with Crippen LogP contribution in [0.3, 0.4) is 0 Å². The zero-order chi connectivity index (χ0) is 20.8. The Morgan fingerprint density at radius 3 is 1.52 bits per heavy atom. The van der Waals surface area contributed by atoms with Crippen molar-refractivity contribution in [1.29, 1.82) is 0 Å². The number of aliphatic hydroxyl groups is 1. The predicted octanol–water partition coefficient (Wildman–Crippen LogP) is 2.75. The molecule has 0 aliphatic carbocycles. The van der Waals surface area contributed by atoms with E-state index in [0.717, 1.165) is 0 Å². The monoisotopic (exact) mass is 654 g/mol. The van der Waals surface area contributed by atoms with Crippen LogP contribution in [0.4, 0.5) is 0 Å². The lowest BCUT2D eigenvalue weighted by atomic mass is 10.6. The largest absolute Gasteiger partial charge is 0.394 e. The van der Waals surface area contributed by atoms with E-state index in [1.807, 2.05) is 0 Å². The maximum absolute atomic E-state index is 10.8. The van der Waals surface area contributed by atoms with E-state index in [0.29, 0.717) is 26.1 Å². The summed E-state index contributed by atoms with van der Waals surface area (Å²) in [5.41, 5.74) is 0. The highest BCUT2D eigenvalue weighted by atomic mass is 128. The van der Waals surface area contributed by atoms with Crippen molar-refractivity contribution in [3.05, 3.63) is 0 Å². The zero-order valence-corrected chi connectivity index (χ0v) is 21.6. The third-order valence-electron chi connectivity index (χ3n) is 1.75. The highest BCUT2D eigenvalue weighted by Crippen LogP contribution is 1.96. The molecule has 0 heterocycles. The summed E-state index contributed by atoms with van der Waals surface area (Å²) in [6.07, 6.45) is 1.17. The van der Waals surface area contributed by atoms with Crippen LogP contribution in [-0.4, -0.2) is 74.1 Å². The molecule has 0 spiro atoms. The number of rotatable bonds is 10. The van der Waals surface area contributed by atoms with Crippen molar-refractivity contribution < 1.29 is 35.6 Å². The quantitative estimate of drug-likeness (QED) is 0.166. The SMILES string of the molecule is CCCS(=O)(=O)Cl.CCCS(=O)(=O)OCCOC.COCCO.II. The van der Waals surface area contributed by atoms with E-state index < -0.39 is 19.2 Å². The minimum Gasteiger partial charge on any atom is -0.394 e. The maximum atomic E-state index is 10.8. The van der Waals surface area contributed by atoms with Crippen LogP contribution in [0.2, 0.25) is 0 Å². The van der Waals surface area contributed by atoms with Gasteiger partial charge >= 0.3 is 0 Å². The number of halogens is 3. The van der Waals surface area contributed by atoms with Gasteiger partial charge < -0.3 is 14.6 Å². The van der Waals surface area contributed by atoms with Gasteiger partial charge in [-0.25, -0.2) is 8.42 Å². The summed E-state index contributed by atoms with van der Waals surface area (Å²) in [5, 5.41) is 7.94. The van der Waals surface area contributed by atoms with E-state index in [2.05, 4.69) is 50.9 Å². The number of aliphatic hydroxyl groups excluding tert-OH is 1. The zero-order valence-electron chi connectivity index (χ0n) is 14.9. The second kappa shape index (κ2) is 25.5. The summed E-state index contributed by atoms with van der Waals surface area (Å²) in [5.74, 6) is 0.158. The Kier molecular flexibility index (Phi) is 34.7. The van der Waals surface area contributed by atoms with Crippen LogP contribution in [0.25, 0.3) is 0 Å². The molecule has 0 radical (unpaired) electrons. The molecular formula is C12H29ClI2O8S2. The van der Waals surface area contributed by atoms with Gasteiger partial charge in [0.1, 0.15) is 0 Å². The molecule has 0 rings (SSSR count). The van der Waals surface area contributed by atoms with Crippen molar-refractivity contribution in [3.8, 4) is 0 Å². The molecule has 0 atom stereocenters. The minimum atomic E-state index is -3.28. The summed E-state index contributed by atoms with van der Waals surface area (Å²) < 4.78 is 55.3. The van der Waals surface area contributed by atoms with Gasteiger partial charge in [-0.2, -0.15) is 8.42 Å². The normalized spacial score (nSPS) is 10.4. The molecule has 25 heavy (non-hydrogen) atoms. The van der Waals surface area contributed by atoms with Crippen molar-refractivity contribution >= 4 is 67.1 Å². The summed E-state index contributed by atoms with van der Waals surface area (Å²) in [6.45, 7) is 4.54. The van der Waals surface area contributed by atoms with Crippen molar-refractivity contribution in [2.24, 2.45) is 0 Å². The van der Waals surface area contributed by atoms with Gasteiger partial charge in [0.05, 0.1) is 37.9 Å². The number of hydrogen-bond donors (Lipinski definition) is 1. The summed E-state index contributed by atoms with van der Waals surface area (Å²) in [7, 11) is 1.37. The van der Waals surface area contributed by atoms with Gasteiger partial charge in [0.25, 0.3) is 10.1 Å². The Hall–Kier alpha value is 1.49. The highest BCUT2D eigenvalue weighted by Gasteiger charge is 2.07. The average Bonchev–Trinajstić information content (AvgIpc) is 2.50. The molecule has 0 bridgehead atoms. The Morgan fingerprint density at radius 1 is 0.880 bits per heavy atom. The second-order valence-electron chi connectivity index (χ2n) is 4.04. The van der Waals surface area contributed by atoms with Gasteiger partial charge in [-0.1, -0.05) is 13.8 Å². The lowest BCUT2D eigenvalue weighted by Gasteiger charge is -2.02. The van der Waals surface area contributed by atoms with E-state index >= 15 is 0 Å². The van der Waals surface area contributed by atoms with E-state index in [9.17, 15) is 16.8 Å². The summed E-state index contributed by atoms with van der Waals surface area (Å²) in [6, 6.07) is 0. The highest BCUT2D eigenvalue weighted by molar-refractivity contribution is 15.0. The molecule has 0 unspecified atom stereocenters. The predicted molar refractivity (Wildman–Crippen MR) is 119 cm³/mol. The molecule has 0 aromatic carbocycles. The standard InChI is InChI=1S/C6H14O4S.C3H7ClO2S.C3H8O2.I2/c1-3-6-11(7,8)10-5-4-9-2;1-2-3-7(4,5)6;1-5-3-2-4;1-2/h3-6H2,1-2H3;2-3H2,1H3;4H,2-3H2,1H3;. The Labute approximate surface area is 180 Å². The molecule has 0 aliphatic heterocycles. The Morgan fingerprint density at radius 2 is 1.32 bits per heavy atom. The van der Waals surface area contributed by atoms with Crippen LogP contribution in [0.5, 0.6) is 0 Å². The van der Waals surface area contributed by atoms with Gasteiger partial charge in [0.15, 0.2) is 0 Å². The molecule has 0 amide bonds. The molecule has 0 aliphatic rings. The van der Waals surface area contributed by atoms with Gasteiger partial charge in [-0.05, 0) is 12.8 Å². The summed E-state index contributed by atoms with van der Waals surface area (Å²) in [4.78, 5) is 0. The van der Waals surface area contributed by atoms with Crippen molar-refractivity contribution in [2.45, 2.75) is 26.7 Å². The fraction of sp³-hybridized carbons (Fsp3) is 1.00. The molecule has 0 aromatic rings.